The monoisotopic (exact) mass is 217 g/mol. The normalized spacial score (nSPS) is 10.1. The van der Waals surface area contributed by atoms with Gasteiger partial charge in [0.25, 0.3) is 0 Å². The molecule has 0 unspecified atom stereocenters. The number of methoxy groups -OCH3 is 1. The van der Waals surface area contributed by atoms with Crippen LogP contribution in [0.3, 0.4) is 0 Å². The van der Waals surface area contributed by atoms with Crippen LogP contribution in [0.15, 0.2) is 42.7 Å². The van der Waals surface area contributed by atoms with E-state index >= 15 is 0 Å². The molecule has 4 heteroatoms. The van der Waals surface area contributed by atoms with Crippen LogP contribution in [-0.2, 0) is 6.54 Å². The van der Waals surface area contributed by atoms with Crippen LogP contribution in [-0.4, -0.2) is 23.4 Å². The van der Waals surface area contributed by atoms with E-state index < -0.39 is 0 Å². The molecule has 4 nitrogen and oxygen atoms in total. The molecule has 0 atom stereocenters. The Bertz CT molecular complexity index is 426. The minimum absolute atomic E-state index is 0.842. The molecule has 0 aliphatic heterocycles. The molecule has 0 saturated carbocycles. The Morgan fingerprint density at radius 2 is 2.31 bits per heavy atom. The van der Waals surface area contributed by atoms with Crippen LogP contribution in [0.1, 0.15) is 0 Å². The van der Waals surface area contributed by atoms with E-state index in [4.69, 9.17) is 4.74 Å². The van der Waals surface area contributed by atoms with Gasteiger partial charge < -0.3 is 10.1 Å². The maximum Gasteiger partial charge on any atom is 0.120 e. The third-order valence-electron chi connectivity index (χ3n) is 2.30. The molecule has 0 bridgehead atoms. The molecule has 16 heavy (non-hydrogen) atoms. The first-order chi connectivity index (χ1) is 7.88. The van der Waals surface area contributed by atoms with Crippen LogP contribution in [0.2, 0.25) is 0 Å². The van der Waals surface area contributed by atoms with Gasteiger partial charge >= 0.3 is 0 Å². The average molecular weight is 217 g/mol. The molecule has 1 heterocycles. The molecule has 2 rings (SSSR count). The molecule has 84 valence electrons. The quantitative estimate of drug-likeness (QED) is 0.832. The Morgan fingerprint density at radius 1 is 1.38 bits per heavy atom. The van der Waals surface area contributed by atoms with Gasteiger partial charge in [0.15, 0.2) is 0 Å². The highest BCUT2D eigenvalue weighted by Crippen LogP contribution is 2.16. The number of hydrogen-bond acceptors (Lipinski definition) is 3. The zero-order chi connectivity index (χ0) is 11.2. The SMILES string of the molecule is COc1cccc(NCCn2cccn2)c1. The van der Waals surface area contributed by atoms with Crippen molar-refractivity contribution in [2.24, 2.45) is 0 Å². The average Bonchev–Trinajstić information content (AvgIpc) is 2.82. The number of benzene rings is 1. The van der Waals surface area contributed by atoms with E-state index in [1.54, 1.807) is 13.3 Å². The van der Waals surface area contributed by atoms with Gasteiger partial charge in [0.2, 0.25) is 0 Å². The lowest BCUT2D eigenvalue weighted by atomic mass is 10.3. The fraction of sp³-hybridized carbons (Fsp3) is 0.250. The number of nitrogens with one attached hydrogen (secondary N) is 1. The number of hydrogen-bond donors (Lipinski definition) is 1. The van der Waals surface area contributed by atoms with Gasteiger partial charge in [0.05, 0.1) is 13.7 Å². The first kappa shape index (κ1) is 10.5. The van der Waals surface area contributed by atoms with Gasteiger partial charge in [0, 0.05) is 30.7 Å². The Balaban J connectivity index is 1.85. The fourth-order valence-electron chi connectivity index (χ4n) is 1.48. The van der Waals surface area contributed by atoms with Crippen molar-refractivity contribution < 1.29 is 4.74 Å². The summed E-state index contributed by atoms with van der Waals surface area (Å²) in [7, 11) is 1.67. The van der Waals surface area contributed by atoms with E-state index in [-0.39, 0.29) is 0 Å². The summed E-state index contributed by atoms with van der Waals surface area (Å²) in [5, 5.41) is 7.45. The number of rotatable bonds is 5. The molecule has 0 spiro atoms. The van der Waals surface area contributed by atoms with Gasteiger partial charge in [-0.1, -0.05) is 6.07 Å². The molecular formula is C12H15N3O. The molecule has 0 aliphatic rings. The maximum atomic E-state index is 5.15. The van der Waals surface area contributed by atoms with Crippen LogP contribution < -0.4 is 10.1 Å². The van der Waals surface area contributed by atoms with Gasteiger partial charge in [-0.05, 0) is 18.2 Å². The first-order valence-electron chi connectivity index (χ1n) is 5.24. The molecule has 1 aromatic heterocycles. The lowest BCUT2D eigenvalue weighted by Crippen LogP contribution is -2.10. The maximum absolute atomic E-state index is 5.15. The molecule has 0 fully saturated rings. The number of nitrogens with zero attached hydrogens (tertiary/aromatic N) is 2. The van der Waals surface area contributed by atoms with Gasteiger partial charge in [0.1, 0.15) is 5.75 Å². The fourth-order valence-corrected chi connectivity index (χ4v) is 1.48. The van der Waals surface area contributed by atoms with Crippen LogP contribution in [0, 0.1) is 0 Å². The Labute approximate surface area is 94.9 Å². The second kappa shape index (κ2) is 5.21. The van der Waals surface area contributed by atoms with E-state index in [0.717, 1.165) is 24.5 Å². The summed E-state index contributed by atoms with van der Waals surface area (Å²) in [5.41, 5.74) is 1.06. The summed E-state index contributed by atoms with van der Waals surface area (Å²) < 4.78 is 7.05. The van der Waals surface area contributed by atoms with Crippen molar-refractivity contribution in [2.75, 3.05) is 19.0 Å². The first-order valence-corrected chi connectivity index (χ1v) is 5.24. The molecule has 0 radical (unpaired) electrons. The Morgan fingerprint density at radius 3 is 3.06 bits per heavy atom. The molecule has 0 amide bonds. The zero-order valence-electron chi connectivity index (χ0n) is 9.26. The van der Waals surface area contributed by atoms with Crippen LogP contribution in [0.5, 0.6) is 5.75 Å². The smallest absolute Gasteiger partial charge is 0.120 e. The van der Waals surface area contributed by atoms with Crippen molar-refractivity contribution in [3.8, 4) is 5.75 Å². The third kappa shape index (κ3) is 2.76. The largest absolute Gasteiger partial charge is 0.497 e. The summed E-state index contributed by atoms with van der Waals surface area (Å²) in [4.78, 5) is 0. The van der Waals surface area contributed by atoms with Gasteiger partial charge in [-0.25, -0.2) is 0 Å². The summed E-state index contributed by atoms with van der Waals surface area (Å²) in [6.07, 6.45) is 3.73. The number of anilines is 1. The van der Waals surface area contributed by atoms with Crippen LogP contribution >= 0.6 is 0 Å². The highest BCUT2D eigenvalue weighted by Gasteiger charge is 1.95. The van der Waals surface area contributed by atoms with E-state index in [9.17, 15) is 0 Å². The third-order valence-corrected chi connectivity index (χ3v) is 2.30. The lowest BCUT2D eigenvalue weighted by molar-refractivity contribution is 0.415. The Hall–Kier alpha value is -1.97. The van der Waals surface area contributed by atoms with Gasteiger partial charge in [-0.2, -0.15) is 5.10 Å². The lowest BCUT2D eigenvalue weighted by Gasteiger charge is -2.07. The molecule has 1 aromatic carbocycles. The van der Waals surface area contributed by atoms with Gasteiger partial charge in [-0.15, -0.1) is 0 Å². The van der Waals surface area contributed by atoms with E-state index in [1.165, 1.54) is 0 Å². The van der Waals surface area contributed by atoms with E-state index in [2.05, 4.69) is 10.4 Å². The van der Waals surface area contributed by atoms with Crippen molar-refractivity contribution in [1.82, 2.24) is 9.78 Å². The molecule has 2 aromatic rings. The van der Waals surface area contributed by atoms with Crippen LogP contribution in [0.4, 0.5) is 5.69 Å². The van der Waals surface area contributed by atoms with Gasteiger partial charge in [-0.3, -0.25) is 4.68 Å². The van der Waals surface area contributed by atoms with Crippen molar-refractivity contribution in [2.45, 2.75) is 6.54 Å². The van der Waals surface area contributed by atoms with Crippen molar-refractivity contribution >= 4 is 5.69 Å². The summed E-state index contributed by atoms with van der Waals surface area (Å²) in [6, 6.07) is 9.81. The predicted octanol–water partition coefficient (Wildman–Crippen LogP) is 2.00. The predicted molar refractivity (Wildman–Crippen MR) is 63.7 cm³/mol. The van der Waals surface area contributed by atoms with E-state index in [1.807, 2.05) is 41.2 Å². The molecule has 0 saturated heterocycles. The summed E-state index contributed by atoms with van der Waals surface area (Å²) >= 11 is 0. The van der Waals surface area contributed by atoms with Crippen molar-refractivity contribution in [3.63, 3.8) is 0 Å². The summed E-state index contributed by atoms with van der Waals surface area (Å²) in [6.45, 7) is 1.69. The minimum atomic E-state index is 0.842. The Kier molecular flexibility index (Phi) is 3.43. The van der Waals surface area contributed by atoms with Crippen molar-refractivity contribution in [3.05, 3.63) is 42.7 Å². The molecule has 1 N–H and O–H groups in total. The second-order valence-electron chi connectivity index (χ2n) is 3.43. The van der Waals surface area contributed by atoms with Crippen molar-refractivity contribution in [1.29, 1.82) is 0 Å². The number of aromatic nitrogens is 2. The second-order valence-corrected chi connectivity index (χ2v) is 3.43. The topological polar surface area (TPSA) is 39.1 Å². The van der Waals surface area contributed by atoms with Crippen LogP contribution in [0.25, 0.3) is 0 Å². The highest BCUT2D eigenvalue weighted by molar-refractivity contribution is 5.47. The zero-order valence-corrected chi connectivity index (χ0v) is 9.26. The summed E-state index contributed by atoms with van der Waals surface area (Å²) in [5.74, 6) is 0.865. The number of ether oxygens (including phenoxy) is 1. The highest BCUT2D eigenvalue weighted by atomic mass is 16.5. The molecule has 0 aliphatic carbocycles. The van der Waals surface area contributed by atoms with E-state index in [0.29, 0.717) is 0 Å². The standard InChI is InChI=1S/C12H15N3O/c1-16-12-5-2-4-11(10-12)13-7-9-15-8-3-6-14-15/h2-6,8,10,13H,7,9H2,1H3. The molecular weight excluding hydrogens is 202 g/mol. The minimum Gasteiger partial charge on any atom is -0.497 e.